The third-order valence-electron chi connectivity index (χ3n) is 7.80. The minimum Gasteiger partial charge on any atom is -0.508 e. The van der Waals surface area contributed by atoms with Crippen LogP contribution in [0.15, 0.2) is 30.3 Å². The number of hydrogen-bond acceptors (Lipinski definition) is 5. The molecule has 0 bridgehead atoms. The van der Waals surface area contributed by atoms with Crippen LogP contribution >= 0.6 is 0 Å². The van der Waals surface area contributed by atoms with Crippen LogP contribution in [0.25, 0.3) is 0 Å². The maximum atomic E-state index is 15.5. The minimum atomic E-state index is -2.64. The molecule has 0 saturated carbocycles. The second-order valence-electron chi connectivity index (χ2n) is 10.1. The summed E-state index contributed by atoms with van der Waals surface area (Å²) < 4.78 is 57.7. The van der Waals surface area contributed by atoms with Crippen molar-refractivity contribution < 1.29 is 27.5 Å². The first-order valence-corrected chi connectivity index (χ1v) is 13.0. The van der Waals surface area contributed by atoms with Crippen LogP contribution in [0.2, 0.25) is 0 Å². The summed E-state index contributed by atoms with van der Waals surface area (Å²) in [6.45, 7) is 7.13. The third kappa shape index (κ3) is 5.62. The molecule has 0 radical (unpaired) electrons. The Kier molecular flexibility index (Phi) is 8.43. The van der Waals surface area contributed by atoms with Gasteiger partial charge in [0.2, 0.25) is 0 Å². The zero-order valence-electron chi connectivity index (χ0n) is 21.4. The summed E-state index contributed by atoms with van der Waals surface area (Å²) in [4.78, 5) is 16.2. The van der Waals surface area contributed by atoms with Crippen LogP contribution in [-0.2, 0) is 11.2 Å². The van der Waals surface area contributed by atoms with E-state index in [9.17, 15) is 18.7 Å². The van der Waals surface area contributed by atoms with Gasteiger partial charge in [0, 0.05) is 44.0 Å². The number of carbonyl (C=O) groups is 1. The first kappa shape index (κ1) is 27.4. The molecule has 37 heavy (non-hydrogen) atoms. The van der Waals surface area contributed by atoms with Crippen molar-refractivity contribution in [1.82, 2.24) is 9.80 Å². The van der Waals surface area contributed by atoms with Gasteiger partial charge in [0.05, 0.1) is 19.1 Å². The predicted octanol–water partition coefficient (Wildman–Crippen LogP) is 5.01. The van der Waals surface area contributed by atoms with E-state index in [1.165, 1.54) is 29.2 Å². The Balaban J connectivity index is 0.00000156. The smallest absolute Gasteiger partial charge is 0.251 e. The maximum absolute atomic E-state index is 15.5. The summed E-state index contributed by atoms with van der Waals surface area (Å²) in [6, 6.07) is 6.15. The standard InChI is InChI=1S/C26H29F4N3O2.C2H6/c27-21-12-18(32-7-4-26(5-8-32)15-31(16-26)9-10-34)13-22(28)24(21)25-20-2-1-19(35)11-17(20)3-6-33(25)14-23(29)30;1-2/h1-2,10-13,23,25,35H,3-9,14-16H2;1-2H3. The van der Waals surface area contributed by atoms with Crippen molar-refractivity contribution in [3.05, 3.63) is 58.7 Å². The molecule has 0 aromatic heterocycles. The molecule has 1 spiro atoms. The van der Waals surface area contributed by atoms with Crippen LogP contribution < -0.4 is 4.90 Å². The van der Waals surface area contributed by atoms with Gasteiger partial charge in [-0.1, -0.05) is 19.9 Å². The number of alkyl halides is 2. The highest BCUT2D eigenvalue weighted by molar-refractivity contribution is 5.53. The summed E-state index contributed by atoms with van der Waals surface area (Å²) in [5, 5.41) is 9.84. The number of piperidine rings is 1. The molecule has 1 unspecified atom stereocenters. The highest BCUT2D eigenvalue weighted by Crippen LogP contribution is 2.43. The molecule has 1 atom stereocenters. The van der Waals surface area contributed by atoms with Gasteiger partial charge in [-0.15, -0.1) is 0 Å². The second-order valence-corrected chi connectivity index (χ2v) is 10.1. The van der Waals surface area contributed by atoms with E-state index in [1.807, 2.05) is 18.7 Å². The van der Waals surface area contributed by atoms with Gasteiger partial charge < -0.3 is 14.8 Å². The molecule has 0 amide bonds. The average Bonchev–Trinajstić information content (AvgIpc) is 2.85. The van der Waals surface area contributed by atoms with Gasteiger partial charge in [0.25, 0.3) is 6.43 Å². The first-order chi connectivity index (χ1) is 17.8. The van der Waals surface area contributed by atoms with Gasteiger partial charge in [0.1, 0.15) is 23.7 Å². The lowest BCUT2D eigenvalue weighted by Gasteiger charge is -2.54. The van der Waals surface area contributed by atoms with Crippen molar-refractivity contribution in [2.24, 2.45) is 5.41 Å². The summed E-state index contributed by atoms with van der Waals surface area (Å²) >= 11 is 0. The predicted molar refractivity (Wildman–Crippen MR) is 135 cm³/mol. The number of phenolic OH excluding ortho intramolecular Hbond substituents is 1. The van der Waals surface area contributed by atoms with Crippen LogP contribution in [0, 0.1) is 17.0 Å². The van der Waals surface area contributed by atoms with Crippen molar-refractivity contribution >= 4 is 12.0 Å². The molecule has 3 aliphatic heterocycles. The Hall–Kier alpha value is -2.65. The van der Waals surface area contributed by atoms with Crippen LogP contribution in [0.4, 0.5) is 23.2 Å². The van der Waals surface area contributed by atoms with Crippen LogP contribution in [-0.4, -0.2) is 73.4 Å². The van der Waals surface area contributed by atoms with Crippen LogP contribution in [0.3, 0.4) is 0 Å². The number of benzene rings is 2. The molecule has 5 rings (SSSR count). The fourth-order valence-corrected chi connectivity index (χ4v) is 6.08. The molecule has 2 saturated heterocycles. The summed E-state index contributed by atoms with van der Waals surface area (Å²) in [5.41, 5.74) is 1.62. The summed E-state index contributed by atoms with van der Waals surface area (Å²) in [5.74, 6) is -1.48. The lowest BCUT2D eigenvalue weighted by atomic mass is 9.72. The number of phenols is 1. The molecule has 2 aromatic rings. The Morgan fingerprint density at radius 2 is 1.70 bits per heavy atom. The molecule has 0 aliphatic carbocycles. The Bertz CT molecular complexity index is 1070. The molecule has 1 N–H and O–H groups in total. The van der Waals surface area contributed by atoms with Gasteiger partial charge >= 0.3 is 0 Å². The van der Waals surface area contributed by atoms with Gasteiger partial charge in [-0.3, -0.25) is 9.80 Å². The molecule has 5 nitrogen and oxygen atoms in total. The van der Waals surface area contributed by atoms with Crippen molar-refractivity contribution in [2.75, 3.05) is 50.7 Å². The number of fused-ring (bicyclic) bond motifs is 1. The Morgan fingerprint density at radius 1 is 1.05 bits per heavy atom. The van der Waals surface area contributed by atoms with E-state index >= 15 is 8.78 Å². The Labute approximate surface area is 215 Å². The number of anilines is 1. The number of carbonyl (C=O) groups excluding carboxylic acids is 1. The fourth-order valence-electron chi connectivity index (χ4n) is 6.08. The first-order valence-electron chi connectivity index (χ1n) is 13.0. The van der Waals surface area contributed by atoms with Crippen LogP contribution in [0.5, 0.6) is 5.75 Å². The van der Waals surface area contributed by atoms with Crippen molar-refractivity contribution in [3.8, 4) is 5.75 Å². The zero-order chi connectivity index (χ0) is 26.7. The van der Waals surface area contributed by atoms with Crippen molar-refractivity contribution in [2.45, 2.75) is 45.6 Å². The SMILES string of the molecule is CC.O=CCN1CC2(CCN(c3cc(F)c(C4c5ccc(O)cc5CCN4CC(F)F)c(F)c3)CC2)C1. The quantitative estimate of drug-likeness (QED) is 0.428. The highest BCUT2D eigenvalue weighted by atomic mass is 19.3. The van der Waals surface area contributed by atoms with E-state index < -0.39 is 30.6 Å². The molecule has 9 heteroatoms. The molecule has 2 aromatic carbocycles. The van der Waals surface area contributed by atoms with Gasteiger partial charge in [-0.25, -0.2) is 17.6 Å². The van der Waals surface area contributed by atoms with Crippen LogP contribution in [0.1, 0.15) is 49.4 Å². The number of aromatic hydroxyl groups is 1. The zero-order valence-corrected chi connectivity index (χ0v) is 21.4. The number of halogens is 4. The number of likely N-dealkylation sites (tertiary alicyclic amines) is 1. The average molecular weight is 522 g/mol. The fraction of sp³-hybridized carbons (Fsp3) is 0.536. The minimum absolute atomic E-state index is 0.0321. The normalized spacial score (nSPS) is 21.3. The third-order valence-corrected chi connectivity index (χ3v) is 7.80. The van der Waals surface area contributed by atoms with E-state index in [4.69, 9.17) is 0 Å². The van der Waals surface area contributed by atoms with Gasteiger partial charge in [-0.05, 0) is 60.1 Å². The van der Waals surface area contributed by atoms with E-state index in [2.05, 4.69) is 4.90 Å². The maximum Gasteiger partial charge on any atom is 0.251 e. The lowest BCUT2D eigenvalue weighted by Crippen LogP contribution is -2.60. The number of rotatable bonds is 6. The molecular formula is C28H35F4N3O2. The lowest BCUT2D eigenvalue weighted by molar-refractivity contribution is -0.112. The topological polar surface area (TPSA) is 47.0 Å². The highest BCUT2D eigenvalue weighted by Gasteiger charge is 2.44. The van der Waals surface area contributed by atoms with E-state index in [-0.39, 0.29) is 23.3 Å². The monoisotopic (exact) mass is 521 g/mol. The van der Waals surface area contributed by atoms with Crippen molar-refractivity contribution in [1.29, 1.82) is 0 Å². The largest absolute Gasteiger partial charge is 0.508 e. The molecular weight excluding hydrogens is 486 g/mol. The summed E-state index contributed by atoms with van der Waals surface area (Å²) in [6.07, 6.45) is 0.444. The molecule has 3 heterocycles. The number of nitrogens with zero attached hydrogens (tertiary/aromatic N) is 3. The number of hydrogen-bond donors (Lipinski definition) is 1. The van der Waals surface area contributed by atoms with E-state index in [0.29, 0.717) is 42.9 Å². The second kappa shape index (κ2) is 11.4. The Morgan fingerprint density at radius 3 is 2.30 bits per heavy atom. The van der Waals surface area contributed by atoms with Gasteiger partial charge in [0.15, 0.2) is 0 Å². The summed E-state index contributed by atoms with van der Waals surface area (Å²) in [7, 11) is 0. The molecule has 202 valence electrons. The number of aldehydes is 1. The molecule has 3 aliphatic rings. The van der Waals surface area contributed by atoms with E-state index in [1.54, 1.807) is 6.07 Å². The van der Waals surface area contributed by atoms with Crippen molar-refractivity contribution in [3.63, 3.8) is 0 Å². The van der Waals surface area contributed by atoms with E-state index in [0.717, 1.165) is 32.2 Å². The molecule has 2 fully saturated rings. The van der Waals surface area contributed by atoms with Gasteiger partial charge in [-0.2, -0.15) is 0 Å².